The number of hydrogen-bond acceptors (Lipinski definition) is 4. The summed E-state index contributed by atoms with van der Waals surface area (Å²) in [5, 5.41) is 12.8. The van der Waals surface area contributed by atoms with Gasteiger partial charge in [0.05, 0.1) is 19.0 Å². The molecule has 15 heavy (non-hydrogen) atoms. The molecule has 76 valence electrons. The molecule has 0 aliphatic carbocycles. The van der Waals surface area contributed by atoms with Crippen molar-refractivity contribution in [3.63, 3.8) is 0 Å². The Morgan fingerprint density at radius 1 is 1.67 bits per heavy atom. The standard InChI is InChI=1S/C9H8N4O2/c1-5-7(15-2)9(14)12-8-6(3-10)4-11-13(5)8/h4H,1-2H3,(H,12,14). The number of nitrogens with one attached hydrogen (secondary N) is 1. The lowest BCUT2D eigenvalue weighted by Crippen LogP contribution is -2.15. The van der Waals surface area contributed by atoms with Crippen LogP contribution in [0.5, 0.6) is 5.75 Å². The number of aromatic nitrogens is 3. The molecule has 0 unspecified atom stereocenters. The predicted octanol–water partition coefficient (Wildman–Crippen LogP) is 0.211. The molecular weight excluding hydrogens is 196 g/mol. The SMILES string of the molecule is COc1c(C)n2ncc(C#N)c2[nH]c1=O. The van der Waals surface area contributed by atoms with Gasteiger partial charge in [0.25, 0.3) is 5.56 Å². The van der Waals surface area contributed by atoms with Gasteiger partial charge in [-0.3, -0.25) is 4.79 Å². The highest BCUT2D eigenvalue weighted by atomic mass is 16.5. The summed E-state index contributed by atoms with van der Waals surface area (Å²) in [5.74, 6) is 0.204. The van der Waals surface area contributed by atoms with Crippen molar-refractivity contribution in [2.24, 2.45) is 0 Å². The van der Waals surface area contributed by atoms with E-state index in [2.05, 4.69) is 10.1 Å². The van der Waals surface area contributed by atoms with Gasteiger partial charge >= 0.3 is 0 Å². The topological polar surface area (TPSA) is 83.2 Å². The Morgan fingerprint density at radius 3 is 3.00 bits per heavy atom. The second-order valence-electron chi connectivity index (χ2n) is 3.00. The molecule has 0 saturated carbocycles. The quantitative estimate of drug-likeness (QED) is 0.719. The molecular formula is C9H8N4O2. The highest BCUT2D eigenvalue weighted by molar-refractivity contribution is 5.55. The first kappa shape index (κ1) is 9.27. The fourth-order valence-electron chi connectivity index (χ4n) is 1.47. The summed E-state index contributed by atoms with van der Waals surface area (Å²) in [4.78, 5) is 14.1. The summed E-state index contributed by atoms with van der Waals surface area (Å²) >= 11 is 0. The van der Waals surface area contributed by atoms with Crippen molar-refractivity contribution in [2.75, 3.05) is 7.11 Å². The van der Waals surface area contributed by atoms with Crippen LogP contribution in [-0.2, 0) is 0 Å². The zero-order valence-electron chi connectivity index (χ0n) is 8.24. The number of methoxy groups -OCH3 is 1. The Morgan fingerprint density at radius 2 is 2.40 bits per heavy atom. The number of nitrogens with zero attached hydrogens (tertiary/aromatic N) is 3. The minimum Gasteiger partial charge on any atom is -0.490 e. The number of rotatable bonds is 1. The van der Waals surface area contributed by atoms with E-state index in [-0.39, 0.29) is 11.3 Å². The zero-order chi connectivity index (χ0) is 11.0. The molecule has 0 saturated heterocycles. The molecule has 6 nitrogen and oxygen atoms in total. The summed E-state index contributed by atoms with van der Waals surface area (Å²) in [7, 11) is 1.41. The number of aryl methyl sites for hydroxylation is 1. The van der Waals surface area contributed by atoms with Gasteiger partial charge in [-0.05, 0) is 6.92 Å². The van der Waals surface area contributed by atoms with Crippen LogP contribution in [-0.4, -0.2) is 21.7 Å². The van der Waals surface area contributed by atoms with E-state index >= 15 is 0 Å². The maximum absolute atomic E-state index is 11.5. The van der Waals surface area contributed by atoms with Crippen LogP contribution in [0.15, 0.2) is 11.0 Å². The first-order valence-electron chi connectivity index (χ1n) is 4.23. The molecule has 2 rings (SSSR count). The second-order valence-corrected chi connectivity index (χ2v) is 3.00. The number of H-pyrrole nitrogens is 1. The van der Waals surface area contributed by atoms with Gasteiger partial charge in [0.2, 0.25) is 5.75 Å². The first-order valence-corrected chi connectivity index (χ1v) is 4.23. The maximum atomic E-state index is 11.5. The molecule has 0 bridgehead atoms. The molecule has 0 aromatic carbocycles. The Balaban J connectivity index is 2.95. The van der Waals surface area contributed by atoms with E-state index in [1.165, 1.54) is 17.8 Å². The van der Waals surface area contributed by atoms with E-state index in [0.29, 0.717) is 16.9 Å². The van der Waals surface area contributed by atoms with E-state index in [4.69, 9.17) is 10.00 Å². The van der Waals surface area contributed by atoms with Crippen molar-refractivity contribution in [1.82, 2.24) is 14.6 Å². The molecule has 2 aromatic rings. The van der Waals surface area contributed by atoms with Gasteiger partial charge in [0.15, 0.2) is 5.65 Å². The van der Waals surface area contributed by atoms with Gasteiger partial charge in [0.1, 0.15) is 11.6 Å². The molecule has 0 spiro atoms. The van der Waals surface area contributed by atoms with Gasteiger partial charge in [-0.2, -0.15) is 10.4 Å². The van der Waals surface area contributed by atoms with Crippen LogP contribution in [0.2, 0.25) is 0 Å². The lowest BCUT2D eigenvalue weighted by molar-refractivity contribution is 0.400. The molecule has 0 fully saturated rings. The van der Waals surface area contributed by atoms with E-state index in [1.54, 1.807) is 6.92 Å². The Kier molecular flexibility index (Phi) is 1.94. The van der Waals surface area contributed by atoms with E-state index < -0.39 is 0 Å². The van der Waals surface area contributed by atoms with Gasteiger partial charge in [0, 0.05) is 0 Å². The van der Waals surface area contributed by atoms with E-state index in [1.807, 2.05) is 6.07 Å². The highest BCUT2D eigenvalue weighted by Gasteiger charge is 2.12. The minimum absolute atomic E-state index is 0.204. The first-order chi connectivity index (χ1) is 7.19. The van der Waals surface area contributed by atoms with Crippen molar-refractivity contribution >= 4 is 5.65 Å². The Hall–Kier alpha value is -2.29. The predicted molar refractivity (Wildman–Crippen MR) is 51.8 cm³/mol. The maximum Gasteiger partial charge on any atom is 0.293 e. The monoisotopic (exact) mass is 204 g/mol. The van der Waals surface area contributed by atoms with Gasteiger partial charge < -0.3 is 9.72 Å². The number of nitriles is 1. The van der Waals surface area contributed by atoms with Crippen LogP contribution in [0.1, 0.15) is 11.3 Å². The third-order valence-corrected chi connectivity index (χ3v) is 2.18. The van der Waals surface area contributed by atoms with Crippen molar-refractivity contribution < 1.29 is 4.74 Å². The molecule has 1 N–H and O–H groups in total. The fourth-order valence-corrected chi connectivity index (χ4v) is 1.47. The average molecular weight is 204 g/mol. The van der Waals surface area contributed by atoms with Crippen LogP contribution in [0.4, 0.5) is 0 Å². The van der Waals surface area contributed by atoms with Crippen LogP contribution >= 0.6 is 0 Å². The molecule has 2 heterocycles. The van der Waals surface area contributed by atoms with Gasteiger partial charge in [-0.1, -0.05) is 0 Å². The summed E-state index contributed by atoms with van der Waals surface area (Å²) in [6.45, 7) is 1.70. The summed E-state index contributed by atoms with van der Waals surface area (Å²) in [5.41, 5.74) is 0.927. The van der Waals surface area contributed by atoms with Crippen LogP contribution in [0, 0.1) is 18.3 Å². The largest absolute Gasteiger partial charge is 0.490 e. The van der Waals surface area contributed by atoms with Crippen molar-refractivity contribution in [3.05, 3.63) is 27.8 Å². The Labute approximate surface area is 84.7 Å². The van der Waals surface area contributed by atoms with E-state index in [9.17, 15) is 4.79 Å². The summed E-state index contributed by atoms with van der Waals surface area (Å²) in [6.07, 6.45) is 1.40. The van der Waals surface area contributed by atoms with Crippen molar-refractivity contribution in [2.45, 2.75) is 6.92 Å². The third kappa shape index (κ3) is 1.17. The number of fused-ring (bicyclic) bond motifs is 1. The molecule has 0 amide bonds. The van der Waals surface area contributed by atoms with Crippen LogP contribution < -0.4 is 10.3 Å². The molecule has 0 radical (unpaired) electrons. The summed E-state index contributed by atoms with van der Waals surface area (Å²) < 4.78 is 6.41. The summed E-state index contributed by atoms with van der Waals surface area (Å²) in [6, 6.07) is 1.95. The smallest absolute Gasteiger partial charge is 0.293 e. The number of hydrogen-bond donors (Lipinski definition) is 1. The lowest BCUT2D eigenvalue weighted by Gasteiger charge is -2.04. The lowest BCUT2D eigenvalue weighted by atomic mass is 10.3. The fraction of sp³-hybridized carbons (Fsp3) is 0.222. The normalized spacial score (nSPS) is 10.2. The molecule has 0 atom stereocenters. The Bertz CT molecular complexity index is 617. The molecule has 2 aromatic heterocycles. The van der Waals surface area contributed by atoms with Crippen molar-refractivity contribution in [3.8, 4) is 11.8 Å². The molecule has 0 aliphatic rings. The molecule has 6 heteroatoms. The van der Waals surface area contributed by atoms with Crippen LogP contribution in [0.3, 0.4) is 0 Å². The number of ether oxygens (including phenoxy) is 1. The third-order valence-electron chi connectivity index (χ3n) is 2.18. The van der Waals surface area contributed by atoms with Gasteiger partial charge in [-0.15, -0.1) is 0 Å². The highest BCUT2D eigenvalue weighted by Crippen LogP contribution is 2.13. The van der Waals surface area contributed by atoms with Gasteiger partial charge in [-0.25, -0.2) is 4.52 Å². The molecule has 0 aliphatic heterocycles. The average Bonchev–Trinajstić information content (AvgIpc) is 2.61. The van der Waals surface area contributed by atoms with E-state index in [0.717, 1.165) is 0 Å². The zero-order valence-corrected chi connectivity index (χ0v) is 8.24. The number of aromatic amines is 1. The second kappa shape index (κ2) is 3.13. The van der Waals surface area contributed by atoms with Crippen molar-refractivity contribution in [1.29, 1.82) is 5.26 Å². The minimum atomic E-state index is -0.362. The van der Waals surface area contributed by atoms with Crippen LogP contribution in [0.25, 0.3) is 5.65 Å².